The van der Waals surface area contributed by atoms with Gasteiger partial charge in [0.1, 0.15) is 5.00 Å². The van der Waals surface area contributed by atoms with Crippen LogP contribution < -0.4 is 10.6 Å². The second-order valence-corrected chi connectivity index (χ2v) is 4.22. The monoisotopic (exact) mass is 279 g/mol. The first-order valence-corrected chi connectivity index (χ1v) is 5.93. The lowest BCUT2D eigenvalue weighted by Gasteiger charge is -2.05. The lowest BCUT2D eigenvalue weighted by Crippen LogP contribution is -2.28. The zero-order chi connectivity index (χ0) is 13.7. The van der Waals surface area contributed by atoms with Crippen molar-refractivity contribution in [1.29, 1.82) is 0 Å². The van der Waals surface area contributed by atoms with Crippen LogP contribution in [0, 0.1) is 0 Å². The molecule has 2 heterocycles. The summed E-state index contributed by atoms with van der Waals surface area (Å²) in [5.41, 5.74) is 0.580. The summed E-state index contributed by atoms with van der Waals surface area (Å²) >= 11 is 1.05. The Balaban J connectivity index is 1.89. The van der Waals surface area contributed by atoms with Crippen molar-refractivity contribution >= 4 is 28.5 Å². The Kier molecular flexibility index (Phi) is 3.98. The minimum absolute atomic E-state index is 0.124. The predicted octanol–water partition coefficient (Wildman–Crippen LogP) is 0.953. The highest BCUT2D eigenvalue weighted by atomic mass is 32.1. The molecule has 3 N–H and O–H groups in total. The SMILES string of the molecule is O=C(NCc1cc(C(=O)O)ccn1)Nc1cnns1. The van der Waals surface area contributed by atoms with E-state index in [0.29, 0.717) is 10.7 Å². The Morgan fingerprint density at radius 3 is 2.95 bits per heavy atom. The first-order valence-electron chi connectivity index (χ1n) is 5.15. The van der Waals surface area contributed by atoms with Gasteiger partial charge in [0.2, 0.25) is 0 Å². The van der Waals surface area contributed by atoms with E-state index in [-0.39, 0.29) is 12.1 Å². The van der Waals surface area contributed by atoms with Crippen molar-refractivity contribution in [3.63, 3.8) is 0 Å². The second kappa shape index (κ2) is 5.87. The normalized spacial score (nSPS) is 9.89. The smallest absolute Gasteiger partial charge is 0.335 e. The number of aromatic carboxylic acids is 1. The molecule has 9 heteroatoms. The Bertz CT molecular complexity index is 587. The summed E-state index contributed by atoms with van der Waals surface area (Å²) in [7, 11) is 0. The number of nitrogens with one attached hydrogen (secondary N) is 2. The van der Waals surface area contributed by atoms with E-state index in [1.807, 2.05) is 0 Å². The van der Waals surface area contributed by atoms with E-state index in [9.17, 15) is 9.59 Å². The van der Waals surface area contributed by atoms with Crippen LogP contribution in [0.15, 0.2) is 24.5 Å². The number of hydrogen-bond acceptors (Lipinski definition) is 6. The van der Waals surface area contributed by atoms with Crippen molar-refractivity contribution in [2.45, 2.75) is 6.54 Å². The van der Waals surface area contributed by atoms with Crippen LogP contribution in [-0.4, -0.2) is 31.7 Å². The number of carbonyl (C=O) groups is 2. The van der Waals surface area contributed by atoms with Crippen LogP contribution in [0.1, 0.15) is 16.1 Å². The molecule has 0 unspecified atom stereocenters. The molecule has 8 nitrogen and oxygen atoms in total. The molecule has 98 valence electrons. The molecule has 0 saturated heterocycles. The van der Waals surface area contributed by atoms with E-state index < -0.39 is 12.0 Å². The summed E-state index contributed by atoms with van der Waals surface area (Å²) in [5.74, 6) is -1.04. The average Bonchev–Trinajstić information content (AvgIpc) is 2.89. The number of amides is 2. The van der Waals surface area contributed by atoms with E-state index in [2.05, 4.69) is 25.2 Å². The number of pyridine rings is 1. The van der Waals surface area contributed by atoms with Crippen molar-refractivity contribution in [2.75, 3.05) is 5.32 Å². The van der Waals surface area contributed by atoms with Gasteiger partial charge in [-0.2, -0.15) is 0 Å². The Hall–Kier alpha value is -2.55. The van der Waals surface area contributed by atoms with Crippen molar-refractivity contribution < 1.29 is 14.7 Å². The van der Waals surface area contributed by atoms with Crippen molar-refractivity contribution in [2.24, 2.45) is 0 Å². The van der Waals surface area contributed by atoms with Gasteiger partial charge in [0.25, 0.3) is 0 Å². The number of aromatic nitrogens is 3. The van der Waals surface area contributed by atoms with Crippen LogP contribution in [0.3, 0.4) is 0 Å². The maximum absolute atomic E-state index is 11.5. The molecule has 0 radical (unpaired) electrons. The molecule has 0 fully saturated rings. The lowest BCUT2D eigenvalue weighted by molar-refractivity contribution is 0.0696. The minimum atomic E-state index is -1.04. The van der Waals surface area contributed by atoms with Crippen LogP contribution in [0.2, 0.25) is 0 Å². The van der Waals surface area contributed by atoms with Crippen LogP contribution in [0.5, 0.6) is 0 Å². The first kappa shape index (κ1) is 12.9. The highest BCUT2D eigenvalue weighted by Crippen LogP contribution is 2.08. The lowest BCUT2D eigenvalue weighted by atomic mass is 10.2. The number of urea groups is 1. The van der Waals surface area contributed by atoms with Gasteiger partial charge < -0.3 is 10.4 Å². The molecule has 2 aromatic heterocycles. The minimum Gasteiger partial charge on any atom is -0.478 e. The molecule has 0 spiro atoms. The largest absolute Gasteiger partial charge is 0.478 e. The third-order valence-corrected chi connectivity index (χ3v) is 2.67. The highest BCUT2D eigenvalue weighted by molar-refractivity contribution is 7.10. The van der Waals surface area contributed by atoms with E-state index in [1.165, 1.54) is 24.5 Å². The van der Waals surface area contributed by atoms with Gasteiger partial charge in [-0.25, -0.2) is 9.59 Å². The maximum atomic E-state index is 11.5. The van der Waals surface area contributed by atoms with Crippen LogP contribution in [0.25, 0.3) is 0 Å². The van der Waals surface area contributed by atoms with Gasteiger partial charge >= 0.3 is 12.0 Å². The molecule has 0 aromatic carbocycles. The van der Waals surface area contributed by atoms with Gasteiger partial charge in [0, 0.05) is 17.7 Å². The van der Waals surface area contributed by atoms with Gasteiger partial charge in [-0.05, 0) is 12.1 Å². The highest BCUT2D eigenvalue weighted by Gasteiger charge is 2.06. The molecular formula is C10H9N5O3S. The van der Waals surface area contributed by atoms with E-state index in [0.717, 1.165) is 11.5 Å². The third-order valence-electron chi connectivity index (χ3n) is 2.09. The third kappa shape index (κ3) is 3.71. The molecule has 19 heavy (non-hydrogen) atoms. The maximum Gasteiger partial charge on any atom is 0.335 e. The fourth-order valence-corrected chi connectivity index (χ4v) is 1.67. The summed E-state index contributed by atoms with van der Waals surface area (Å²) in [4.78, 5) is 26.2. The number of carboxylic acid groups (broad SMARTS) is 1. The Morgan fingerprint density at radius 2 is 2.26 bits per heavy atom. The molecule has 0 bridgehead atoms. The number of carboxylic acids is 1. The molecule has 0 aliphatic carbocycles. The van der Waals surface area contributed by atoms with Crippen LogP contribution in [0.4, 0.5) is 9.80 Å². The molecular weight excluding hydrogens is 270 g/mol. The quantitative estimate of drug-likeness (QED) is 0.767. The molecule has 0 aliphatic rings. The fraction of sp³-hybridized carbons (Fsp3) is 0.100. The second-order valence-electron chi connectivity index (χ2n) is 3.43. The first-order chi connectivity index (χ1) is 9.15. The zero-order valence-corrected chi connectivity index (χ0v) is 10.3. The van der Waals surface area contributed by atoms with Gasteiger partial charge in [0.15, 0.2) is 0 Å². The Labute approximate surface area is 111 Å². The summed E-state index contributed by atoms with van der Waals surface area (Å²) in [6, 6.07) is 2.35. The van der Waals surface area contributed by atoms with Crippen LogP contribution in [-0.2, 0) is 6.54 Å². The zero-order valence-electron chi connectivity index (χ0n) is 9.53. The molecule has 2 amide bonds. The summed E-state index contributed by atoms with van der Waals surface area (Å²) in [5, 5.41) is 18.0. The summed E-state index contributed by atoms with van der Waals surface area (Å²) in [6.45, 7) is 0.124. The standard InChI is InChI=1S/C10H9N5O3S/c16-9(17)6-1-2-11-7(3-6)4-12-10(18)14-8-5-13-15-19-8/h1-3,5H,4H2,(H,16,17)(H2,12,14,18). The van der Waals surface area contributed by atoms with Crippen LogP contribution >= 0.6 is 11.5 Å². The number of carbonyl (C=O) groups excluding carboxylic acids is 1. The number of hydrogen-bond donors (Lipinski definition) is 3. The fourth-order valence-electron chi connectivity index (χ4n) is 1.26. The van der Waals surface area contributed by atoms with Crippen molar-refractivity contribution in [3.05, 3.63) is 35.8 Å². The number of rotatable bonds is 4. The van der Waals surface area contributed by atoms with E-state index >= 15 is 0 Å². The molecule has 2 rings (SSSR count). The molecule has 0 atom stereocenters. The average molecular weight is 279 g/mol. The molecule has 2 aromatic rings. The Morgan fingerprint density at radius 1 is 1.42 bits per heavy atom. The van der Waals surface area contributed by atoms with Gasteiger partial charge in [-0.3, -0.25) is 10.3 Å². The van der Waals surface area contributed by atoms with Crippen molar-refractivity contribution in [1.82, 2.24) is 19.9 Å². The van der Waals surface area contributed by atoms with Gasteiger partial charge in [-0.15, -0.1) is 5.10 Å². The number of anilines is 1. The summed E-state index contributed by atoms with van der Waals surface area (Å²) < 4.78 is 3.60. The predicted molar refractivity (Wildman–Crippen MR) is 67.0 cm³/mol. The molecule has 0 aliphatic heterocycles. The van der Waals surface area contributed by atoms with Gasteiger partial charge in [0.05, 0.1) is 24.0 Å². The van der Waals surface area contributed by atoms with E-state index in [1.54, 1.807) is 0 Å². The topological polar surface area (TPSA) is 117 Å². The molecule has 0 saturated carbocycles. The van der Waals surface area contributed by atoms with Gasteiger partial charge in [-0.1, -0.05) is 4.49 Å². The summed E-state index contributed by atoms with van der Waals surface area (Å²) in [6.07, 6.45) is 2.80. The van der Waals surface area contributed by atoms with Crippen molar-refractivity contribution in [3.8, 4) is 0 Å². The number of nitrogens with zero attached hydrogens (tertiary/aromatic N) is 3. The van der Waals surface area contributed by atoms with E-state index in [4.69, 9.17) is 5.11 Å².